The molecule has 0 radical (unpaired) electrons. The monoisotopic (exact) mass is 288 g/mol. The standard InChI is InChI=1S/C13H15F3N2O2/c14-13(15,16)12-11(4-1-5-17-12)20-8-10-3-2-6-18(7-10)9-19/h1,4-5,9-10H,2-3,6-8H2. The van der Waals surface area contributed by atoms with Crippen LogP contribution in [0.1, 0.15) is 18.5 Å². The van der Waals surface area contributed by atoms with Gasteiger partial charge in [-0.05, 0) is 25.0 Å². The lowest BCUT2D eigenvalue weighted by Crippen LogP contribution is -2.36. The lowest BCUT2D eigenvalue weighted by Gasteiger charge is -2.29. The fourth-order valence-corrected chi connectivity index (χ4v) is 2.26. The van der Waals surface area contributed by atoms with E-state index in [2.05, 4.69) is 4.98 Å². The largest absolute Gasteiger partial charge is 0.491 e. The maximum Gasteiger partial charge on any atom is 0.437 e. The van der Waals surface area contributed by atoms with Crippen LogP contribution in [-0.2, 0) is 11.0 Å². The molecule has 1 unspecified atom stereocenters. The number of rotatable bonds is 4. The van der Waals surface area contributed by atoms with Crippen LogP contribution in [0, 0.1) is 5.92 Å². The lowest BCUT2D eigenvalue weighted by atomic mass is 9.99. The maximum atomic E-state index is 12.7. The predicted octanol–water partition coefficient (Wildman–Crippen LogP) is 2.35. The Morgan fingerprint density at radius 2 is 2.30 bits per heavy atom. The van der Waals surface area contributed by atoms with E-state index in [1.165, 1.54) is 12.1 Å². The Morgan fingerprint density at radius 3 is 3.00 bits per heavy atom. The Labute approximate surface area is 114 Å². The second-order valence-corrected chi connectivity index (χ2v) is 4.77. The van der Waals surface area contributed by atoms with E-state index in [1.54, 1.807) is 4.90 Å². The molecule has 0 spiro atoms. The summed E-state index contributed by atoms with van der Waals surface area (Å²) in [4.78, 5) is 15.6. The van der Waals surface area contributed by atoms with Gasteiger partial charge in [0.15, 0.2) is 5.69 Å². The first-order chi connectivity index (χ1) is 9.50. The molecule has 1 fully saturated rings. The van der Waals surface area contributed by atoms with Crippen LogP contribution in [0.4, 0.5) is 13.2 Å². The fraction of sp³-hybridized carbons (Fsp3) is 0.538. The van der Waals surface area contributed by atoms with Gasteiger partial charge in [0.1, 0.15) is 5.75 Å². The summed E-state index contributed by atoms with van der Waals surface area (Å²) in [5, 5.41) is 0. The molecule has 1 amide bonds. The molecule has 1 saturated heterocycles. The quantitative estimate of drug-likeness (QED) is 0.799. The lowest BCUT2D eigenvalue weighted by molar-refractivity contribution is -0.142. The van der Waals surface area contributed by atoms with Gasteiger partial charge in [-0.25, -0.2) is 4.98 Å². The van der Waals surface area contributed by atoms with E-state index < -0.39 is 11.9 Å². The molecule has 1 aromatic heterocycles. The summed E-state index contributed by atoms with van der Waals surface area (Å²) < 4.78 is 43.5. The highest BCUT2D eigenvalue weighted by Gasteiger charge is 2.36. The minimum absolute atomic E-state index is 0.0511. The molecule has 7 heteroatoms. The van der Waals surface area contributed by atoms with Gasteiger partial charge < -0.3 is 9.64 Å². The number of hydrogen-bond donors (Lipinski definition) is 0. The van der Waals surface area contributed by atoms with Crippen molar-refractivity contribution < 1.29 is 22.7 Å². The number of piperidine rings is 1. The Hall–Kier alpha value is -1.79. The minimum Gasteiger partial charge on any atom is -0.491 e. The zero-order valence-corrected chi connectivity index (χ0v) is 10.8. The number of amides is 1. The van der Waals surface area contributed by atoms with Gasteiger partial charge in [0.05, 0.1) is 6.61 Å². The van der Waals surface area contributed by atoms with Gasteiger partial charge in [0.2, 0.25) is 6.41 Å². The van der Waals surface area contributed by atoms with Gasteiger partial charge in [-0.15, -0.1) is 0 Å². The molecule has 0 bridgehead atoms. The van der Waals surface area contributed by atoms with Crippen LogP contribution in [0.25, 0.3) is 0 Å². The highest BCUT2D eigenvalue weighted by molar-refractivity contribution is 5.47. The molecular formula is C13H15F3N2O2. The third-order valence-electron chi connectivity index (χ3n) is 3.21. The predicted molar refractivity (Wildman–Crippen MR) is 65.1 cm³/mol. The van der Waals surface area contributed by atoms with E-state index >= 15 is 0 Å². The molecule has 1 atom stereocenters. The van der Waals surface area contributed by atoms with E-state index in [-0.39, 0.29) is 18.3 Å². The van der Waals surface area contributed by atoms with Crippen LogP contribution < -0.4 is 4.74 Å². The Bertz CT molecular complexity index is 465. The molecule has 0 saturated carbocycles. The molecule has 2 heterocycles. The number of alkyl halides is 3. The summed E-state index contributed by atoms with van der Waals surface area (Å²) in [5.41, 5.74) is -1.01. The number of hydrogen-bond acceptors (Lipinski definition) is 3. The van der Waals surface area contributed by atoms with Gasteiger partial charge in [-0.2, -0.15) is 13.2 Å². The number of nitrogens with zero attached hydrogens (tertiary/aromatic N) is 2. The van der Waals surface area contributed by atoms with Crippen molar-refractivity contribution in [3.63, 3.8) is 0 Å². The van der Waals surface area contributed by atoms with Crippen molar-refractivity contribution in [1.82, 2.24) is 9.88 Å². The van der Waals surface area contributed by atoms with Crippen LogP contribution in [0.15, 0.2) is 18.3 Å². The van der Waals surface area contributed by atoms with Crippen molar-refractivity contribution in [3.05, 3.63) is 24.0 Å². The van der Waals surface area contributed by atoms with Crippen molar-refractivity contribution in [2.24, 2.45) is 5.92 Å². The average Bonchev–Trinajstić information content (AvgIpc) is 2.44. The molecule has 20 heavy (non-hydrogen) atoms. The summed E-state index contributed by atoms with van der Waals surface area (Å²) >= 11 is 0. The zero-order valence-electron chi connectivity index (χ0n) is 10.8. The van der Waals surface area contributed by atoms with Crippen molar-refractivity contribution in [2.45, 2.75) is 19.0 Å². The van der Waals surface area contributed by atoms with E-state index in [0.717, 1.165) is 25.4 Å². The molecule has 0 aliphatic carbocycles. The highest BCUT2D eigenvalue weighted by atomic mass is 19.4. The van der Waals surface area contributed by atoms with Crippen molar-refractivity contribution >= 4 is 6.41 Å². The van der Waals surface area contributed by atoms with Gasteiger partial charge in [0.25, 0.3) is 0 Å². The normalized spacial score (nSPS) is 19.8. The van der Waals surface area contributed by atoms with Crippen molar-refractivity contribution in [2.75, 3.05) is 19.7 Å². The van der Waals surface area contributed by atoms with Gasteiger partial charge in [-0.1, -0.05) is 0 Å². The van der Waals surface area contributed by atoms with Crippen molar-refractivity contribution in [3.8, 4) is 5.75 Å². The van der Waals surface area contributed by atoms with Crippen LogP contribution in [0.2, 0.25) is 0 Å². The van der Waals surface area contributed by atoms with Gasteiger partial charge in [0, 0.05) is 25.2 Å². The SMILES string of the molecule is O=CN1CCCC(COc2cccnc2C(F)(F)F)C1. The molecule has 2 rings (SSSR count). The van der Waals surface area contributed by atoms with E-state index in [0.29, 0.717) is 13.1 Å². The molecular weight excluding hydrogens is 273 g/mol. The summed E-state index contributed by atoms with van der Waals surface area (Å²) in [6, 6.07) is 2.67. The number of ether oxygens (including phenoxy) is 1. The number of pyridine rings is 1. The minimum atomic E-state index is -4.53. The first kappa shape index (κ1) is 14.6. The molecule has 1 aliphatic heterocycles. The van der Waals surface area contributed by atoms with Crippen molar-refractivity contribution in [1.29, 1.82) is 0 Å². The maximum absolute atomic E-state index is 12.7. The smallest absolute Gasteiger partial charge is 0.437 e. The van der Waals surface area contributed by atoms with E-state index in [9.17, 15) is 18.0 Å². The van der Waals surface area contributed by atoms with Crippen LogP contribution in [-0.4, -0.2) is 36.0 Å². The summed E-state index contributed by atoms with van der Waals surface area (Å²) in [5.74, 6) is -0.210. The molecule has 1 aliphatic rings. The molecule has 1 aromatic rings. The highest BCUT2D eigenvalue weighted by Crippen LogP contribution is 2.34. The number of carbonyl (C=O) groups is 1. The number of aromatic nitrogens is 1. The van der Waals surface area contributed by atoms with E-state index in [1.807, 2.05) is 0 Å². The van der Waals surface area contributed by atoms with Crippen LogP contribution >= 0.6 is 0 Å². The molecule has 110 valence electrons. The van der Waals surface area contributed by atoms with Gasteiger partial charge >= 0.3 is 6.18 Å². The number of halogens is 3. The summed E-state index contributed by atoms with van der Waals surface area (Å²) in [6.45, 7) is 1.37. The topological polar surface area (TPSA) is 42.4 Å². The van der Waals surface area contributed by atoms with Crippen LogP contribution in [0.5, 0.6) is 5.75 Å². The third-order valence-corrected chi connectivity index (χ3v) is 3.21. The fourth-order valence-electron chi connectivity index (χ4n) is 2.26. The average molecular weight is 288 g/mol. The Kier molecular flexibility index (Phi) is 4.46. The molecule has 4 nitrogen and oxygen atoms in total. The summed E-state index contributed by atoms with van der Waals surface area (Å²) in [7, 11) is 0. The third kappa shape index (κ3) is 3.61. The summed E-state index contributed by atoms with van der Waals surface area (Å²) in [6.07, 6.45) is -1.00. The number of likely N-dealkylation sites (tertiary alicyclic amines) is 1. The molecule has 0 aromatic carbocycles. The first-order valence-electron chi connectivity index (χ1n) is 6.35. The Balaban J connectivity index is 1.99. The second kappa shape index (κ2) is 6.11. The number of carbonyl (C=O) groups excluding carboxylic acids is 1. The van der Waals surface area contributed by atoms with Crippen LogP contribution in [0.3, 0.4) is 0 Å². The zero-order chi connectivity index (χ0) is 14.6. The van der Waals surface area contributed by atoms with Gasteiger partial charge in [-0.3, -0.25) is 4.79 Å². The Morgan fingerprint density at radius 1 is 1.50 bits per heavy atom. The molecule has 0 N–H and O–H groups in total. The second-order valence-electron chi connectivity index (χ2n) is 4.77. The first-order valence-corrected chi connectivity index (χ1v) is 6.35. The van der Waals surface area contributed by atoms with E-state index in [4.69, 9.17) is 4.74 Å².